The monoisotopic (exact) mass is 518 g/mol. The molecule has 0 aliphatic carbocycles. The molecule has 0 spiro atoms. The molecule has 6 nitrogen and oxygen atoms in total. The molecule has 1 saturated heterocycles. The molecule has 1 N–H and O–H groups in total. The molecule has 8 heteroatoms. The molecule has 1 aliphatic heterocycles. The van der Waals surface area contributed by atoms with Crippen molar-refractivity contribution in [3.63, 3.8) is 0 Å². The number of pyridine rings is 1. The number of nitrogens with zero attached hydrogens (tertiary/aromatic N) is 3. The summed E-state index contributed by atoms with van der Waals surface area (Å²) < 4.78 is 14.9. The van der Waals surface area contributed by atoms with Crippen molar-refractivity contribution in [2.75, 3.05) is 13.1 Å². The standard InChI is InChI=1S/C29H28ClFN4O2/c1-2-25-27(35-18-23(30)9-12-26(35)33-25)28(36)32-17-19-3-5-20(6-4-19)21-13-15-34(16-14-21)29(37)22-7-10-24(31)11-8-22/h3-12,18,21H,2,13-17H2,1H3,(H,32,36). The summed E-state index contributed by atoms with van der Waals surface area (Å²) in [6.45, 7) is 3.71. The highest BCUT2D eigenvalue weighted by atomic mass is 35.5. The Labute approximate surface area is 220 Å². The van der Waals surface area contributed by atoms with Crippen molar-refractivity contribution in [3.8, 4) is 0 Å². The van der Waals surface area contributed by atoms with Gasteiger partial charge in [0.2, 0.25) is 0 Å². The van der Waals surface area contributed by atoms with E-state index in [2.05, 4.69) is 22.4 Å². The minimum atomic E-state index is -0.343. The quantitative estimate of drug-likeness (QED) is 0.359. The number of fused-ring (bicyclic) bond motifs is 1. The summed E-state index contributed by atoms with van der Waals surface area (Å²) in [5.41, 5.74) is 4.70. The zero-order valence-electron chi connectivity index (χ0n) is 20.6. The number of imidazole rings is 1. The number of carbonyl (C=O) groups excluding carboxylic acids is 2. The third kappa shape index (κ3) is 5.37. The van der Waals surface area contributed by atoms with Crippen LogP contribution in [0.1, 0.15) is 63.4 Å². The van der Waals surface area contributed by atoms with E-state index < -0.39 is 0 Å². The van der Waals surface area contributed by atoms with Gasteiger partial charge in [0.25, 0.3) is 11.8 Å². The van der Waals surface area contributed by atoms with Gasteiger partial charge in [-0.25, -0.2) is 9.37 Å². The summed E-state index contributed by atoms with van der Waals surface area (Å²) in [6.07, 6.45) is 4.11. The summed E-state index contributed by atoms with van der Waals surface area (Å²) in [4.78, 5) is 32.1. The number of likely N-dealkylation sites (tertiary alicyclic amines) is 1. The van der Waals surface area contributed by atoms with Gasteiger partial charge in [-0.15, -0.1) is 0 Å². The van der Waals surface area contributed by atoms with Gasteiger partial charge in [0.15, 0.2) is 0 Å². The van der Waals surface area contributed by atoms with Gasteiger partial charge in [0, 0.05) is 31.4 Å². The first kappa shape index (κ1) is 25.0. The van der Waals surface area contributed by atoms with Crippen LogP contribution in [0.25, 0.3) is 5.65 Å². The van der Waals surface area contributed by atoms with Crippen LogP contribution in [-0.4, -0.2) is 39.2 Å². The van der Waals surface area contributed by atoms with Crippen molar-refractivity contribution in [3.05, 3.63) is 106 Å². The normalized spacial score (nSPS) is 14.2. The van der Waals surface area contributed by atoms with Crippen LogP contribution in [0.5, 0.6) is 0 Å². The fourth-order valence-electron chi connectivity index (χ4n) is 4.92. The van der Waals surface area contributed by atoms with E-state index in [1.165, 1.54) is 29.8 Å². The molecule has 0 bridgehead atoms. The lowest BCUT2D eigenvalue weighted by Gasteiger charge is -2.32. The second-order valence-electron chi connectivity index (χ2n) is 9.33. The van der Waals surface area contributed by atoms with Crippen LogP contribution in [-0.2, 0) is 13.0 Å². The van der Waals surface area contributed by atoms with E-state index in [-0.39, 0.29) is 17.6 Å². The summed E-state index contributed by atoms with van der Waals surface area (Å²) >= 11 is 6.14. The first-order chi connectivity index (χ1) is 17.9. The number of benzene rings is 2. The zero-order chi connectivity index (χ0) is 25.9. The molecule has 2 aromatic heterocycles. The van der Waals surface area contributed by atoms with Crippen molar-refractivity contribution >= 4 is 29.1 Å². The maximum atomic E-state index is 13.2. The SMILES string of the molecule is CCc1nc2ccc(Cl)cn2c1C(=O)NCc1ccc(C2CCN(C(=O)c3ccc(F)cc3)CC2)cc1. The second kappa shape index (κ2) is 10.7. The second-order valence-corrected chi connectivity index (χ2v) is 9.77. The molecule has 0 unspecified atom stereocenters. The van der Waals surface area contributed by atoms with E-state index >= 15 is 0 Å². The third-order valence-corrected chi connectivity index (χ3v) is 7.21. The van der Waals surface area contributed by atoms with Crippen LogP contribution in [0, 0.1) is 5.82 Å². The van der Waals surface area contributed by atoms with Crippen LogP contribution >= 0.6 is 11.6 Å². The molecule has 37 heavy (non-hydrogen) atoms. The van der Waals surface area contributed by atoms with Crippen LogP contribution < -0.4 is 5.32 Å². The molecule has 1 fully saturated rings. The molecule has 190 valence electrons. The highest BCUT2D eigenvalue weighted by Gasteiger charge is 2.25. The fraction of sp³-hybridized carbons (Fsp3) is 0.276. The number of amides is 2. The number of halogens is 2. The molecule has 1 aliphatic rings. The first-order valence-electron chi connectivity index (χ1n) is 12.5. The number of piperidine rings is 1. The van der Waals surface area contributed by atoms with Gasteiger partial charge in [0.05, 0.1) is 10.7 Å². The van der Waals surface area contributed by atoms with Crippen molar-refractivity contribution in [1.82, 2.24) is 19.6 Å². The molecule has 4 aromatic rings. The molecule has 5 rings (SSSR count). The molecule has 0 saturated carbocycles. The summed E-state index contributed by atoms with van der Waals surface area (Å²) in [6, 6.07) is 17.6. The zero-order valence-corrected chi connectivity index (χ0v) is 21.3. The molecular weight excluding hydrogens is 491 g/mol. The smallest absolute Gasteiger partial charge is 0.270 e. The first-order valence-corrected chi connectivity index (χ1v) is 12.9. The Morgan fingerprint density at radius 2 is 1.73 bits per heavy atom. The van der Waals surface area contributed by atoms with E-state index in [0.717, 1.165) is 24.1 Å². The lowest BCUT2D eigenvalue weighted by atomic mass is 9.88. The minimum absolute atomic E-state index is 0.0518. The van der Waals surface area contributed by atoms with Gasteiger partial charge in [-0.05, 0) is 72.7 Å². The number of aromatic nitrogens is 2. The van der Waals surface area contributed by atoms with Crippen molar-refractivity contribution in [2.24, 2.45) is 0 Å². The van der Waals surface area contributed by atoms with Gasteiger partial charge >= 0.3 is 0 Å². The van der Waals surface area contributed by atoms with Gasteiger partial charge in [-0.2, -0.15) is 0 Å². The fourth-order valence-corrected chi connectivity index (χ4v) is 5.08. The lowest BCUT2D eigenvalue weighted by molar-refractivity contribution is 0.0712. The largest absolute Gasteiger partial charge is 0.347 e. The summed E-state index contributed by atoms with van der Waals surface area (Å²) in [5, 5.41) is 3.56. The maximum absolute atomic E-state index is 13.2. The Kier molecular flexibility index (Phi) is 7.24. The lowest BCUT2D eigenvalue weighted by Crippen LogP contribution is -2.37. The average Bonchev–Trinajstić information content (AvgIpc) is 3.30. The summed E-state index contributed by atoms with van der Waals surface area (Å²) in [5.74, 6) is -0.210. The minimum Gasteiger partial charge on any atom is -0.347 e. The molecule has 2 amide bonds. The number of rotatable bonds is 6. The molecular formula is C29H28ClFN4O2. The molecule has 0 radical (unpaired) electrons. The van der Waals surface area contributed by atoms with Crippen LogP contribution in [0.15, 0.2) is 66.9 Å². The van der Waals surface area contributed by atoms with E-state index in [0.29, 0.717) is 53.9 Å². The van der Waals surface area contributed by atoms with Gasteiger partial charge in [-0.3, -0.25) is 14.0 Å². The Morgan fingerprint density at radius 1 is 1.03 bits per heavy atom. The van der Waals surface area contributed by atoms with Crippen LogP contribution in [0.3, 0.4) is 0 Å². The van der Waals surface area contributed by atoms with E-state index in [9.17, 15) is 14.0 Å². The highest BCUT2D eigenvalue weighted by molar-refractivity contribution is 6.30. The number of nitrogens with one attached hydrogen (secondary N) is 1. The summed E-state index contributed by atoms with van der Waals surface area (Å²) in [7, 11) is 0. The van der Waals surface area contributed by atoms with Gasteiger partial charge in [-0.1, -0.05) is 42.8 Å². The Morgan fingerprint density at radius 3 is 2.41 bits per heavy atom. The molecule has 2 aromatic carbocycles. The predicted molar refractivity (Wildman–Crippen MR) is 141 cm³/mol. The molecule has 0 atom stereocenters. The van der Waals surface area contributed by atoms with E-state index in [1.54, 1.807) is 22.7 Å². The van der Waals surface area contributed by atoms with E-state index in [1.807, 2.05) is 24.0 Å². The van der Waals surface area contributed by atoms with Crippen molar-refractivity contribution < 1.29 is 14.0 Å². The van der Waals surface area contributed by atoms with Crippen LogP contribution in [0.4, 0.5) is 4.39 Å². The van der Waals surface area contributed by atoms with Crippen molar-refractivity contribution in [1.29, 1.82) is 0 Å². The Hall–Kier alpha value is -3.71. The third-order valence-electron chi connectivity index (χ3n) is 6.98. The number of aryl methyl sites for hydroxylation is 1. The van der Waals surface area contributed by atoms with E-state index in [4.69, 9.17) is 11.6 Å². The van der Waals surface area contributed by atoms with Gasteiger partial charge in [0.1, 0.15) is 17.2 Å². The topological polar surface area (TPSA) is 66.7 Å². The van der Waals surface area contributed by atoms with Gasteiger partial charge < -0.3 is 10.2 Å². The number of hydrogen-bond donors (Lipinski definition) is 1. The van der Waals surface area contributed by atoms with Crippen molar-refractivity contribution in [2.45, 2.75) is 38.6 Å². The average molecular weight is 519 g/mol. The van der Waals surface area contributed by atoms with Crippen LogP contribution in [0.2, 0.25) is 5.02 Å². The highest BCUT2D eigenvalue weighted by Crippen LogP contribution is 2.29. The number of hydrogen-bond acceptors (Lipinski definition) is 3. The maximum Gasteiger partial charge on any atom is 0.270 e. The Bertz CT molecular complexity index is 1430. The Balaban J connectivity index is 1.18. The molecule has 3 heterocycles. The predicted octanol–water partition coefficient (Wildman–Crippen LogP) is 5.64. The number of carbonyl (C=O) groups is 2.